The Morgan fingerprint density at radius 1 is 0.821 bits per heavy atom. The Labute approximate surface area is 229 Å². The Bertz CT molecular complexity index is 1050. The molecular formula is C30H39NO8. The highest BCUT2D eigenvalue weighted by molar-refractivity contribution is 5.85. The SMILES string of the molecule is CCCCCCCCOC(=O)[C@H](Cc1ccc(O)cc1)NC(=O)CCc1ccc(OC(=O)CCC(=O)O)cc1. The topological polar surface area (TPSA) is 139 Å². The number of hydrogen-bond donors (Lipinski definition) is 3. The zero-order valence-electron chi connectivity index (χ0n) is 22.5. The molecule has 0 saturated heterocycles. The van der Waals surface area contributed by atoms with Crippen molar-refractivity contribution < 1.29 is 38.9 Å². The van der Waals surface area contributed by atoms with Crippen LogP contribution in [0.1, 0.15) is 75.8 Å². The molecule has 9 heteroatoms. The van der Waals surface area contributed by atoms with Crippen LogP contribution in [0.25, 0.3) is 0 Å². The maximum Gasteiger partial charge on any atom is 0.328 e. The molecule has 2 rings (SSSR count). The number of rotatable bonds is 18. The van der Waals surface area contributed by atoms with Crippen molar-refractivity contribution in [3.8, 4) is 11.5 Å². The van der Waals surface area contributed by atoms with E-state index < -0.39 is 23.9 Å². The molecule has 1 amide bonds. The average molecular weight is 542 g/mol. The molecule has 2 aromatic carbocycles. The van der Waals surface area contributed by atoms with Crippen LogP contribution in [0.15, 0.2) is 48.5 Å². The first-order chi connectivity index (χ1) is 18.8. The molecule has 0 fully saturated rings. The third kappa shape index (κ3) is 13.5. The number of carbonyl (C=O) groups excluding carboxylic acids is 3. The van der Waals surface area contributed by atoms with Gasteiger partial charge in [0.15, 0.2) is 0 Å². The van der Waals surface area contributed by atoms with Crippen molar-refractivity contribution in [2.75, 3.05) is 6.61 Å². The number of aromatic hydroxyl groups is 1. The number of phenols is 1. The van der Waals surface area contributed by atoms with Gasteiger partial charge in [-0.3, -0.25) is 14.4 Å². The average Bonchev–Trinajstić information content (AvgIpc) is 2.91. The van der Waals surface area contributed by atoms with Crippen LogP contribution < -0.4 is 10.1 Å². The Morgan fingerprint density at radius 3 is 2.13 bits per heavy atom. The summed E-state index contributed by atoms with van der Waals surface area (Å²) in [5, 5.41) is 21.0. The summed E-state index contributed by atoms with van der Waals surface area (Å²) in [7, 11) is 0. The van der Waals surface area contributed by atoms with Crippen LogP contribution in [0, 0.1) is 0 Å². The van der Waals surface area contributed by atoms with Crippen molar-refractivity contribution in [3.63, 3.8) is 0 Å². The van der Waals surface area contributed by atoms with Gasteiger partial charge in [0.25, 0.3) is 0 Å². The fraction of sp³-hybridized carbons (Fsp3) is 0.467. The standard InChI is InChI=1S/C30H39NO8/c1-2-3-4-5-6-7-20-38-30(37)26(21-23-8-13-24(32)14-9-23)31-27(33)17-12-22-10-15-25(16-11-22)39-29(36)19-18-28(34)35/h8-11,13-16,26,32H,2-7,12,17-21H2,1H3,(H,31,33)(H,34,35)/t26-/m0/s1. The minimum Gasteiger partial charge on any atom is -0.508 e. The Hall–Kier alpha value is -3.88. The van der Waals surface area contributed by atoms with E-state index in [2.05, 4.69) is 12.2 Å². The molecule has 2 aromatic rings. The second-order valence-corrected chi connectivity index (χ2v) is 9.44. The van der Waals surface area contributed by atoms with Gasteiger partial charge in [0.1, 0.15) is 17.5 Å². The maximum atomic E-state index is 12.8. The number of unbranched alkanes of at least 4 members (excludes halogenated alkanes) is 5. The van der Waals surface area contributed by atoms with E-state index in [0.717, 1.165) is 30.4 Å². The van der Waals surface area contributed by atoms with Gasteiger partial charge in [-0.2, -0.15) is 0 Å². The molecule has 0 aliphatic heterocycles. The number of nitrogens with one attached hydrogen (secondary N) is 1. The molecule has 39 heavy (non-hydrogen) atoms. The van der Waals surface area contributed by atoms with E-state index >= 15 is 0 Å². The number of benzene rings is 2. The minimum atomic E-state index is -1.07. The van der Waals surface area contributed by atoms with Crippen LogP contribution in [0.3, 0.4) is 0 Å². The Morgan fingerprint density at radius 2 is 1.46 bits per heavy atom. The summed E-state index contributed by atoms with van der Waals surface area (Å²) >= 11 is 0. The molecule has 0 bridgehead atoms. The van der Waals surface area contributed by atoms with Crippen molar-refractivity contribution in [2.24, 2.45) is 0 Å². The van der Waals surface area contributed by atoms with Gasteiger partial charge in [-0.25, -0.2) is 4.79 Å². The monoisotopic (exact) mass is 541 g/mol. The third-order valence-electron chi connectivity index (χ3n) is 6.08. The predicted octanol–water partition coefficient (Wildman–Crippen LogP) is 4.73. The fourth-order valence-corrected chi connectivity index (χ4v) is 3.86. The molecule has 3 N–H and O–H groups in total. The number of esters is 2. The summed E-state index contributed by atoms with van der Waals surface area (Å²) in [4.78, 5) is 47.8. The quantitative estimate of drug-likeness (QED) is 0.140. The van der Waals surface area contributed by atoms with Crippen LogP contribution >= 0.6 is 0 Å². The number of carbonyl (C=O) groups is 4. The van der Waals surface area contributed by atoms with Crippen molar-refractivity contribution in [1.29, 1.82) is 0 Å². The maximum absolute atomic E-state index is 12.8. The summed E-state index contributed by atoms with van der Waals surface area (Å²) in [5.74, 6) is -2.09. The minimum absolute atomic E-state index is 0.117. The van der Waals surface area contributed by atoms with Crippen molar-refractivity contribution >= 4 is 23.8 Å². The number of aliphatic carboxylic acids is 1. The van der Waals surface area contributed by atoms with Crippen LogP contribution in [-0.2, 0) is 36.8 Å². The molecule has 0 radical (unpaired) electrons. The predicted molar refractivity (Wildman–Crippen MR) is 145 cm³/mol. The second-order valence-electron chi connectivity index (χ2n) is 9.44. The lowest BCUT2D eigenvalue weighted by Gasteiger charge is -2.18. The number of carboxylic acids is 1. The molecule has 0 unspecified atom stereocenters. The zero-order valence-corrected chi connectivity index (χ0v) is 22.5. The van der Waals surface area contributed by atoms with Gasteiger partial charge < -0.3 is 25.0 Å². The number of aryl methyl sites for hydroxylation is 1. The van der Waals surface area contributed by atoms with Gasteiger partial charge in [-0.15, -0.1) is 0 Å². The lowest BCUT2D eigenvalue weighted by Crippen LogP contribution is -2.43. The van der Waals surface area contributed by atoms with Crippen molar-refractivity contribution in [1.82, 2.24) is 5.32 Å². The molecule has 212 valence electrons. The fourth-order valence-electron chi connectivity index (χ4n) is 3.86. The molecule has 0 spiro atoms. The molecule has 9 nitrogen and oxygen atoms in total. The lowest BCUT2D eigenvalue weighted by molar-refractivity contribution is -0.148. The van der Waals surface area contributed by atoms with E-state index in [-0.39, 0.29) is 37.3 Å². The Balaban J connectivity index is 1.86. The van der Waals surface area contributed by atoms with E-state index in [1.165, 1.54) is 31.4 Å². The van der Waals surface area contributed by atoms with Gasteiger partial charge in [0, 0.05) is 12.8 Å². The number of amides is 1. The number of phenolic OH excluding ortho intramolecular Hbond substituents is 1. The van der Waals surface area contributed by atoms with Gasteiger partial charge in [-0.1, -0.05) is 63.3 Å². The largest absolute Gasteiger partial charge is 0.508 e. The molecular weight excluding hydrogens is 502 g/mol. The summed E-state index contributed by atoms with van der Waals surface area (Å²) in [6, 6.07) is 12.2. The molecule has 0 heterocycles. The van der Waals surface area contributed by atoms with E-state index in [1.807, 2.05) is 0 Å². The smallest absolute Gasteiger partial charge is 0.328 e. The highest BCUT2D eigenvalue weighted by Crippen LogP contribution is 2.16. The molecule has 0 aliphatic carbocycles. The van der Waals surface area contributed by atoms with Crippen LogP contribution in [0.5, 0.6) is 11.5 Å². The number of hydrogen-bond acceptors (Lipinski definition) is 7. The normalized spacial score (nSPS) is 11.4. The van der Waals surface area contributed by atoms with Gasteiger partial charge >= 0.3 is 17.9 Å². The number of ether oxygens (including phenoxy) is 2. The first-order valence-corrected chi connectivity index (χ1v) is 13.5. The van der Waals surface area contributed by atoms with Crippen LogP contribution in [0.4, 0.5) is 0 Å². The second kappa shape index (κ2) is 17.6. The lowest BCUT2D eigenvalue weighted by atomic mass is 10.0. The summed E-state index contributed by atoms with van der Waals surface area (Å²) in [6.07, 6.45) is 6.67. The molecule has 0 saturated carbocycles. The van der Waals surface area contributed by atoms with E-state index in [4.69, 9.17) is 14.6 Å². The highest BCUT2D eigenvalue weighted by atomic mass is 16.5. The van der Waals surface area contributed by atoms with E-state index in [9.17, 15) is 24.3 Å². The third-order valence-corrected chi connectivity index (χ3v) is 6.08. The van der Waals surface area contributed by atoms with Gasteiger partial charge in [-0.05, 0) is 48.2 Å². The first-order valence-electron chi connectivity index (χ1n) is 13.5. The van der Waals surface area contributed by atoms with Crippen LogP contribution in [0.2, 0.25) is 0 Å². The zero-order chi connectivity index (χ0) is 28.5. The van der Waals surface area contributed by atoms with Crippen molar-refractivity contribution in [2.45, 2.75) is 83.6 Å². The molecule has 1 atom stereocenters. The summed E-state index contributed by atoms with van der Waals surface area (Å²) in [5.41, 5.74) is 1.61. The molecule has 0 aromatic heterocycles. The summed E-state index contributed by atoms with van der Waals surface area (Å²) in [6.45, 7) is 2.47. The van der Waals surface area contributed by atoms with Crippen LogP contribution in [-0.4, -0.2) is 46.7 Å². The van der Waals surface area contributed by atoms with E-state index in [1.54, 1.807) is 36.4 Å². The van der Waals surface area contributed by atoms with Gasteiger partial charge in [0.2, 0.25) is 5.91 Å². The van der Waals surface area contributed by atoms with Gasteiger partial charge in [0.05, 0.1) is 19.4 Å². The first kappa shape index (κ1) is 31.3. The van der Waals surface area contributed by atoms with E-state index in [0.29, 0.717) is 18.8 Å². The highest BCUT2D eigenvalue weighted by Gasteiger charge is 2.23. The molecule has 0 aliphatic rings. The summed E-state index contributed by atoms with van der Waals surface area (Å²) < 4.78 is 10.6. The number of carboxylic acid groups (broad SMARTS) is 1. The van der Waals surface area contributed by atoms with Crippen molar-refractivity contribution in [3.05, 3.63) is 59.7 Å². The Kier molecular flexibility index (Phi) is 14.1.